The molecule has 0 saturated carbocycles. The highest BCUT2D eigenvalue weighted by Crippen LogP contribution is 2.23. The van der Waals surface area contributed by atoms with Gasteiger partial charge < -0.3 is 15.0 Å². The molecule has 0 atom stereocenters. The van der Waals surface area contributed by atoms with Gasteiger partial charge in [-0.3, -0.25) is 9.89 Å². The Balaban J connectivity index is 1.74. The van der Waals surface area contributed by atoms with Gasteiger partial charge in [-0.1, -0.05) is 11.6 Å². The Hall–Kier alpha value is -2.54. The maximum Gasteiger partial charge on any atom is 0.410 e. The molecule has 1 aliphatic heterocycles. The van der Waals surface area contributed by atoms with Crippen LogP contribution in [0.2, 0.25) is 5.02 Å². The number of H-pyrrole nitrogens is 1. The van der Waals surface area contributed by atoms with Crippen molar-refractivity contribution in [2.45, 2.75) is 39.3 Å². The molecule has 3 rings (SSSR count). The molecule has 1 aromatic carbocycles. The predicted octanol–water partition coefficient (Wildman–Crippen LogP) is 3.61. The maximum absolute atomic E-state index is 12.6. The Bertz CT molecular complexity index is 824. The number of hydrogen-bond acceptors (Lipinski definition) is 4. The van der Waals surface area contributed by atoms with E-state index in [2.05, 4.69) is 15.5 Å². The lowest BCUT2D eigenvalue weighted by Crippen LogP contribution is -2.40. The Labute approximate surface area is 156 Å². The van der Waals surface area contributed by atoms with Gasteiger partial charge in [0.1, 0.15) is 5.60 Å². The van der Waals surface area contributed by atoms with E-state index in [9.17, 15) is 9.59 Å². The minimum absolute atomic E-state index is 0.281. The van der Waals surface area contributed by atoms with Crippen LogP contribution in [0.1, 0.15) is 42.5 Å². The zero-order valence-electron chi connectivity index (χ0n) is 14.9. The van der Waals surface area contributed by atoms with Crippen LogP contribution in [0, 0.1) is 0 Å². The third-order valence-electron chi connectivity index (χ3n) is 3.90. The number of carbonyl (C=O) groups is 2. The van der Waals surface area contributed by atoms with E-state index in [1.165, 1.54) is 0 Å². The highest BCUT2D eigenvalue weighted by atomic mass is 35.5. The number of hydrogen-bond donors (Lipinski definition) is 2. The molecule has 0 spiro atoms. The molecule has 2 N–H and O–H groups in total. The molecule has 0 unspecified atom stereocenters. The van der Waals surface area contributed by atoms with Crippen molar-refractivity contribution >= 4 is 29.3 Å². The van der Waals surface area contributed by atoms with E-state index in [0.29, 0.717) is 29.2 Å². The number of anilines is 1. The monoisotopic (exact) mass is 376 g/mol. The number of rotatable bonds is 2. The Morgan fingerprint density at radius 1 is 1.27 bits per heavy atom. The van der Waals surface area contributed by atoms with E-state index in [-0.39, 0.29) is 18.1 Å². The van der Waals surface area contributed by atoms with E-state index in [1.54, 1.807) is 29.2 Å². The summed E-state index contributed by atoms with van der Waals surface area (Å²) in [5.41, 5.74) is 1.92. The molecule has 2 aromatic rings. The number of ether oxygens (including phenoxy) is 1. The van der Waals surface area contributed by atoms with Crippen molar-refractivity contribution in [2.75, 3.05) is 11.9 Å². The average Bonchev–Trinajstić information content (AvgIpc) is 2.98. The van der Waals surface area contributed by atoms with Gasteiger partial charge in [-0.15, -0.1) is 0 Å². The van der Waals surface area contributed by atoms with Crippen LogP contribution in [0.3, 0.4) is 0 Å². The van der Waals surface area contributed by atoms with Gasteiger partial charge in [-0.05, 0) is 45.0 Å². The lowest BCUT2D eigenvalue weighted by atomic mass is 10.1. The van der Waals surface area contributed by atoms with Crippen LogP contribution in [-0.2, 0) is 17.7 Å². The predicted molar refractivity (Wildman–Crippen MR) is 98.3 cm³/mol. The molecule has 2 amide bonds. The summed E-state index contributed by atoms with van der Waals surface area (Å²) >= 11 is 5.85. The summed E-state index contributed by atoms with van der Waals surface area (Å²) in [7, 11) is 0. The molecule has 1 aromatic heterocycles. The largest absolute Gasteiger partial charge is 0.444 e. The first kappa shape index (κ1) is 18.3. The molecule has 0 radical (unpaired) electrons. The quantitative estimate of drug-likeness (QED) is 0.838. The Kier molecular flexibility index (Phi) is 4.91. The lowest BCUT2D eigenvalue weighted by molar-refractivity contribution is 0.0222. The summed E-state index contributed by atoms with van der Waals surface area (Å²) in [5, 5.41) is 10.4. The second-order valence-corrected chi connectivity index (χ2v) is 7.58. The third kappa shape index (κ3) is 4.16. The van der Waals surface area contributed by atoms with Crippen LogP contribution < -0.4 is 5.32 Å². The molecule has 26 heavy (non-hydrogen) atoms. The van der Waals surface area contributed by atoms with E-state index in [1.807, 2.05) is 20.8 Å². The summed E-state index contributed by atoms with van der Waals surface area (Å²) in [6.45, 7) is 6.27. The zero-order valence-corrected chi connectivity index (χ0v) is 15.7. The van der Waals surface area contributed by atoms with Crippen LogP contribution in [-0.4, -0.2) is 39.2 Å². The summed E-state index contributed by atoms with van der Waals surface area (Å²) in [6.07, 6.45) is 0.198. The molecule has 7 nitrogen and oxygen atoms in total. The second kappa shape index (κ2) is 6.99. The van der Waals surface area contributed by atoms with Crippen LogP contribution >= 0.6 is 11.6 Å². The first-order valence-corrected chi connectivity index (χ1v) is 8.72. The van der Waals surface area contributed by atoms with Gasteiger partial charge >= 0.3 is 6.09 Å². The molecule has 2 heterocycles. The van der Waals surface area contributed by atoms with Gasteiger partial charge in [0.2, 0.25) is 0 Å². The summed E-state index contributed by atoms with van der Waals surface area (Å²) in [5.74, 6) is -0.337. The van der Waals surface area contributed by atoms with Crippen LogP contribution in [0.25, 0.3) is 0 Å². The molecule has 8 heteroatoms. The first-order chi connectivity index (χ1) is 12.2. The number of carbonyl (C=O) groups excluding carboxylic acids is 2. The molecular formula is C18H21ClN4O3. The van der Waals surface area contributed by atoms with Crippen molar-refractivity contribution in [3.05, 3.63) is 46.2 Å². The fraction of sp³-hybridized carbons (Fsp3) is 0.389. The molecule has 1 aliphatic rings. The molecule has 0 bridgehead atoms. The summed E-state index contributed by atoms with van der Waals surface area (Å²) in [4.78, 5) is 26.5. The summed E-state index contributed by atoms with van der Waals surface area (Å²) in [6, 6.07) is 6.82. The number of aromatic nitrogens is 2. The van der Waals surface area contributed by atoms with Gasteiger partial charge in [0.15, 0.2) is 5.69 Å². The summed E-state index contributed by atoms with van der Waals surface area (Å²) < 4.78 is 5.42. The van der Waals surface area contributed by atoms with E-state index >= 15 is 0 Å². The number of benzene rings is 1. The minimum Gasteiger partial charge on any atom is -0.444 e. The number of fused-ring (bicyclic) bond motifs is 1. The van der Waals surface area contributed by atoms with Crippen LogP contribution in [0.4, 0.5) is 10.5 Å². The number of nitrogens with one attached hydrogen (secondary N) is 2. The van der Waals surface area contributed by atoms with Gasteiger partial charge in [0.25, 0.3) is 5.91 Å². The highest BCUT2D eigenvalue weighted by Gasteiger charge is 2.30. The molecular weight excluding hydrogens is 356 g/mol. The fourth-order valence-electron chi connectivity index (χ4n) is 2.69. The maximum atomic E-state index is 12.6. The van der Waals surface area contributed by atoms with Crippen molar-refractivity contribution in [1.29, 1.82) is 0 Å². The smallest absolute Gasteiger partial charge is 0.410 e. The average molecular weight is 377 g/mol. The Morgan fingerprint density at radius 2 is 1.96 bits per heavy atom. The molecule has 138 valence electrons. The van der Waals surface area contributed by atoms with E-state index in [4.69, 9.17) is 16.3 Å². The number of nitrogens with zero attached hydrogens (tertiary/aromatic N) is 2. The normalized spacial score (nSPS) is 13.9. The molecule has 0 fully saturated rings. The van der Waals surface area contributed by atoms with Gasteiger partial charge in [-0.2, -0.15) is 5.10 Å². The third-order valence-corrected chi connectivity index (χ3v) is 4.15. The number of halogens is 1. The van der Waals surface area contributed by atoms with Crippen LogP contribution in [0.15, 0.2) is 24.3 Å². The van der Waals surface area contributed by atoms with E-state index < -0.39 is 11.7 Å². The van der Waals surface area contributed by atoms with Gasteiger partial charge in [0.05, 0.1) is 6.54 Å². The zero-order chi connectivity index (χ0) is 18.9. The van der Waals surface area contributed by atoms with E-state index in [0.717, 1.165) is 5.69 Å². The van der Waals surface area contributed by atoms with Crippen molar-refractivity contribution in [1.82, 2.24) is 15.1 Å². The van der Waals surface area contributed by atoms with Crippen molar-refractivity contribution < 1.29 is 14.3 Å². The van der Waals surface area contributed by atoms with Gasteiger partial charge in [0, 0.05) is 34.9 Å². The van der Waals surface area contributed by atoms with Crippen molar-refractivity contribution in [3.63, 3.8) is 0 Å². The molecule has 0 saturated heterocycles. The Morgan fingerprint density at radius 3 is 2.62 bits per heavy atom. The number of amides is 2. The first-order valence-electron chi connectivity index (χ1n) is 8.34. The van der Waals surface area contributed by atoms with Gasteiger partial charge in [-0.25, -0.2) is 4.79 Å². The highest BCUT2D eigenvalue weighted by molar-refractivity contribution is 6.30. The SMILES string of the molecule is CC(C)(C)OC(=O)N1CCc2[nH]nc(C(=O)Nc3ccc(Cl)cc3)c2C1. The second-order valence-electron chi connectivity index (χ2n) is 7.14. The minimum atomic E-state index is -0.567. The molecule has 0 aliphatic carbocycles. The topological polar surface area (TPSA) is 87.3 Å². The fourth-order valence-corrected chi connectivity index (χ4v) is 2.81. The lowest BCUT2D eigenvalue weighted by Gasteiger charge is -2.30. The van der Waals surface area contributed by atoms with Crippen molar-refractivity contribution in [2.24, 2.45) is 0 Å². The van der Waals surface area contributed by atoms with Crippen LogP contribution in [0.5, 0.6) is 0 Å². The number of aromatic amines is 1. The van der Waals surface area contributed by atoms with Crippen molar-refractivity contribution in [3.8, 4) is 0 Å². The standard InChI is InChI=1S/C18H21ClN4O3/c1-18(2,3)26-17(25)23-9-8-14-13(10-23)15(22-21-14)16(24)20-12-6-4-11(19)5-7-12/h4-7H,8-10H2,1-3H3,(H,20,24)(H,21,22).